The molecule has 7 heteroatoms. The van der Waals surface area contributed by atoms with E-state index in [9.17, 15) is 17.6 Å². The van der Waals surface area contributed by atoms with Crippen molar-refractivity contribution in [1.82, 2.24) is 9.97 Å². The second kappa shape index (κ2) is 5.32. The number of benzene rings is 1. The molecule has 0 saturated heterocycles. The molecule has 0 saturated carbocycles. The molecule has 2 nitrogen and oxygen atoms in total. The Morgan fingerprint density at radius 1 is 1.32 bits per heavy atom. The molecule has 2 aromatic rings. The number of aromatic nitrogens is 2. The van der Waals surface area contributed by atoms with Crippen LogP contribution in [0.4, 0.5) is 17.6 Å². The van der Waals surface area contributed by atoms with Gasteiger partial charge in [0.2, 0.25) is 0 Å². The van der Waals surface area contributed by atoms with E-state index in [0.29, 0.717) is 5.82 Å². The Bertz CT molecular complexity index is 551. The van der Waals surface area contributed by atoms with E-state index in [1.807, 2.05) is 0 Å². The average molecular weight is 337 g/mol. The molecule has 1 heterocycles. The Morgan fingerprint density at radius 3 is 2.63 bits per heavy atom. The minimum atomic E-state index is -4.70. The number of nitrogens with one attached hydrogen (secondary N) is 1. The van der Waals surface area contributed by atoms with Crippen LogP contribution in [0.25, 0.3) is 0 Å². The number of nitrogens with zero attached hydrogens (tertiary/aromatic N) is 1. The highest BCUT2D eigenvalue weighted by Gasteiger charge is 2.35. The summed E-state index contributed by atoms with van der Waals surface area (Å²) in [4.78, 5) is 6.19. The van der Waals surface area contributed by atoms with Gasteiger partial charge in [-0.25, -0.2) is 9.37 Å². The third kappa shape index (κ3) is 3.15. The highest BCUT2D eigenvalue weighted by atomic mass is 79.9. The lowest BCUT2D eigenvalue weighted by Crippen LogP contribution is -2.11. The number of rotatable bonds is 3. The predicted octanol–water partition coefficient (Wildman–Crippen LogP) is 4.25. The number of imidazole rings is 1. The summed E-state index contributed by atoms with van der Waals surface area (Å²) in [5.74, 6) is -0.679. The summed E-state index contributed by atoms with van der Waals surface area (Å²) in [5, 5.41) is 0. The van der Waals surface area contributed by atoms with Gasteiger partial charge >= 0.3 is 6.18 Å². The fourth-order valence-electron chi connectivity index (χ4n) is 1.70. The van der Waals surface area contributed by atoms with E-state index in [1.165, 1.54) is 18.3 Å². The third-order valence-corrected chi connectivity index (χ3v) is 3.42. The van der Waals surface area contributed by atoms with Gasteiger partial charge in [0.1, 0.15) is 11.6 Å². The van der Waals surface area contributed by atoms with Crippen molar-refractivity contribution in [3.8, 4) is 0 Å². The normalized spacial score (nSPS) is 13.5. The Kier molecular flexibility index (Phi) is 3.93. The van der Waals surface area contributed by atoms with Gasteiger partial charge in [-0.05, 0) is 6.07 Å². The van der Waals surface area contributed by atoms with Crippen molar-refractivity contribution in [2.45, 2.75) is 17.4 Å². The largest absolute Gasteiger partial charge is 0.419 e. The molecule has 1 atom stereocenters. The molecule has 0 bridgehead atoms. The molecule has 1 unspecified atom stereocenters. The van der Waals surface area contributed by atoms with E-state index in [4.69, 9.17) is 0 Å². The van der Waals surface area contributed by atoms with E-state index in [0.717, 1.165) is 6.07 Å². The fourth-order valence-corrected chi connectivity index (χ4v) is 2.36. The van der Waals surface area contributed by atoms with Crippen LogP contribution in [-0.4, -0.2) is 9.97 Å². The highest BCUT2D eigenvalue weighted by Crippen LogP contribution is 2.36. The Labute approximate surface area is 115 Å². The van der Waals surface area contributed by atoms with Gasteiger partial charge in [0, 0.05) is 29.2 Å². The number of hydrogen-bond acceptors (Lipinski definition) is 1. The summed E-state index contributed by atoms with van der Waals surface area (Å²) in [5.41, 5.74) is -1.29. The first-order valence-electron chi connectivity index (χ1n) is 5.37. The van der Waals surface area contributed by atoms with Crippen molar-refractivity contribution in [2.75, 3.05) is 0 Å². The van der Waals surface area contributed by atoms with Gasteiger partial charge in [0.05, 0.1) is 5.56 Å². The minimum absolute atomic E-state index is 0.0359. The first-order valence-corrected chi connectivity index (χ1v) is 6.29. The monoisotopic (exact) mass is 336 g/mol. The van der Waals surface area contributed by atoms with Crippen LogP contribution >= 0.6 is 15.9 Å². The molecular weight excluding hydrogens is 328 g/mol. The van der Waals surface area contributed by atoms with Crippen molar-refractivity contribution < 1.29 is 17.6 Å². The lowest BCUT2D eigenvalue weighted by atomic mass is 10.0. The maximum atomic E-state index is 13.9. The van der Waals surface area contributed by atoms with E-state index in [-0.39, 0.29) is 12.0 Å². The smallest absolute Gasteiger partial charge is 0.349 e. The number of alkyl halides is 4. The number of halogens is 5. The molecule has 1 aromatic carbocycles. The summed E-state index contributed by atoms with van der Waals surface area (Å²) in [7, 11) is 0. The van der Waals surface area contributed by atoms with Crippen LogP contribution in [0.2, 0.25) is 0 Å². The molecule has 102 valence electrons. The van der Waals surface area contributed by atoms with Crippen LogP contribution in [0.5, 0.6) is 0 Å². The van der Waals surface area contributed by atoms with Crippen LogP contribution < -0.4 is 0 Å². The Hall–Kier alpha value is -1.37. The first kappa shape index (κ1) is 14.0. The van der Waals surface area contributed by atoms with E-state index in [2.05, 4.69) is 25.9 Å². The second-order valence-corrected chi connectivity index (χ2v) is 5.02. The van der Waals surface area contributed by atoms with E-state index < -0.39 is 22.4 Å². The lowest BCUT2D eigenvalue weighted by Gasteiger charge is -2.14. The number of hydrogen-bond donors (Lipinski definition) is 1. The molecule has 2 rings (SSSR count). The van der Waals surface area contributed by atoms with Crippen LogP contribution in [0.1, 0.15) is 21.8 Å². The minimum Gasteiger partial charge on any atom is -0.349 e. The average Bonchev–Trinajstić information content (AvgIpc) is 2.80. The zero-order chi connectivity index (χ0) is 14.0. The standard InChI is InChI=1S/C12H9BrF4N2/c13-9(6-10-18-4-5-19-10)7-2-1-3-8(11(7)14)12(15,16)17/h1-5,9H,6H2,(H,18,19). The Balaban J connectivity index is 2.30. The van der Waals surface area contributed by atoms with E-state index in [1.54, 1.807) is 6.20 Å². The number of aromatic amines is 1. The van der Waals surface area contributed by atoms with Gasteiger partial charge < -0.3 is 4.98 Å². The lowest BCUT2D eigenvalue weighted by molar-refractivity contribution is -0.140. The topological polar surface area (TPSA) is 28.7 Å². The molecule has 0 radical (unpaired) electrons. The quantitative estimate of drug-likeness (QED) is 0.658. The third-order valence-electron chi connectivity index (χ3n) is 2.60. The number of H-pyrrole nitrogens is 1. The van der Waals surface area contributed by atoms with Gasteiger partial charge in [-0.3, -0.25) is 0 Å². The van der Waals surface area contributed by atoms with Crippen molar-refractivity contribution in [3.63, 3.8) is 0 Å². The maximum Gasteiger partial charge on any atom is 0.419 e. The zero-order valence-electron chi connectivity index (χ0n) is 9.51. The van der Waals surface area contributed by atoms with Crippen LogP contribution in [0.3, 0.4) is 0 Å². The van der Waals surface area contributed by atoms with Gasteiger partial charge in [-0.1, -0.05) is 28.1 Å². The summed E-state index contributed by atoms with van der Waals surface area (Å²) < 4.78 is 51.7. The van der Waals surface area contributed by atoms with Crippen LogP contribution in [0, 0.1) is 5.82 Å². The summed E-state index contributed by atoms with van der Waals surface area (Å²) in [6.07, 6.45) is -1.31. The predicted molar refractivity (Wildman–Crippen MR) is 65.4 cm³/mol. The molecule has 0 aliphatic rings. The molecule has 0 aliphatic heterocycles. The molecule has 0 aliphatic carbocycles. The summed E-state index contributed by atoms with van der Waals surface area (Å²) in [6, 6.07) is 3.25. The van der Waals surface area contributed by atoms with Crippen LogP contribution in [0.15, 0.2) is 30.6 Å². The van der Waals surface area contributed by atoms with Gasteiger partial charge in [0.15, 0.2) is 0 Å². The van der Waals surface area contributed by atoms with Gasteiger partial charge in [0.25, 0.3) is 0 Å². The van der Waals surface area contributed by atoms with E-state index >= 15 is 0 Å². The van der Waals surface area contributed by atoms with Crippen LogP contribution in [-0.2, 0) is 12.6 Å². The van der Waals surface area contributed by atoms with Gasteiger partial charge in [-0.15, -0.1) is 0 Å². The fraction of sp³-hybridized carbons (Fsp3) is 0.250. The Morgan fingerprint density at radius 2 is 2.05 bits per heavy atom. The summed E-state index contributed by atoms with van der Waals surface area (Å²) in [6.45, 7) is 0. The molecule has 1 N–H and O–H groups in total. The van der Waals surface area contributed by atoms with Crippen molar-refractivity contribution >= 4 is 15.9 Å². The molecular formula is C12H9BrF4N2. The van der Waals surface area contributed by atoms with Gasteiger partial charge in [-0.2, -0.15) is 13.2 Å². The van der Waals surface area contributed by atoms with Crippen molar-refractivity contribution in [1.29, 1.82) is 0 Å². The first-order chi connectivity index (χ1) is 8.89. The molecule has 0 spiro atoms. The zero-order valence-corrected chi connectivity index (χ0v) is 11.1. The maximum absolute atomic E-state index is 13.9. The second-order valence-electron chi connectivity index (χ2n) is 3.91. The van der Waals surface area contributed by atoms with Crippen molar-refractivity contribution in [2.24, 2.45) is 0 Å². The molecule has 19 heavy (non-hydrogen) atoms. The molecule has 0 amide bonds. The summed E-state index contributed by atoms with van der Waals surface area (Å²) >= 11 is 3.19. The molecule has 0 fully saturated rings. The molecule has 1 aromatic heterocycles. The highest BCUT2D eigenvalue weighted by molar-refractivity contribution is 9.09. The van der Waals surface area contributed by atoms with Crippen molar-refractivity contribution in [3.05, 3.63) is 53.4 Å². The SMILES string of the molecule is Fc1c(C(Br)Cc2ncc[nH]2)cccc1C(F)(F)F.